The quantitative estimate of drug-likeness (QED) is 0.753. The monoisotopic (exact) mass is 307 g/mol. The summed E-state index contributed by atoms with van der Waals surface area (Å²) in [5.41, 5.74) is 2.75. The van der Waals surface area contributed by atoms with Crippen molar-refractivity contribution in [1.29, 1.82) is 0 Å². The van der Waals surface area contributed by atoms with Gasteiger partial charge in [0.15, 0.2) is 0 Å². The van der Waals surface area contributed by atoms with Crippen LogP contribution in [0.4, 0.5) is 0 Å². The number of halogens is 1. The summed E-state index contributed by atoms with van der Waals surface area (Å²) < 4.78 is 1.12. The third-order valence-corrected chi connectivity index (χ3v) is 5.13. The molecule has 1 fully saturated rings. The lowest BCUT2D eigenvalue weighted by Gasteiger charge is -2.00. The fourth-order valence-electron chi connectivity index (χ4n) is 2.13. The Kier molecular flexibility index (Phi) is 2.64. The molecular formula is C14H14BrNS. The number of rotatable bonds is 2. The van der Waals surface area contributed by atoms with Crippen molar-refractivity contribution >= 4 is 27.3 Å². The van der Waals surface area contributed by atoms with Crippen molar-refractivity contribution in [1.82, 2.24) is 4.98 Å². The molecule has 0 amide bonds. The van der Waals surface area contributed by atoms with E-state index >= 15 is 0 Å². The summed E-state index contributed by atoms with van der Waals surface area (Å²) >= 11 is 5.38. The van der Waals surface area contributed by atoms with Gasteiger partial charge in [0.1, 0.15) is 0 Å². The Morgan fingerprint density at radius 1 is 1.35 bits per heavy atom. The van der Waals surface area contributed by atoms with E-state index in [1.54, 1.807) is 11.3 Å². The lowest BCUT2D eigenvalue weighted by atomic mass is 10.1. The Hall–Kier alpha value is -0.670. The standard InChI is InChI=1S/C14H14BrNS/c1-14(2)7-10(14)13-16-12(8-17-13)9-5-3-4-6-11(9)15/h3-6,8,10H,7H2,1-2H3. The molecule has 1 aliphatic carbocycles. The highest BCUT2D eigenvalue weighted by atomic mass is 79.9. The van der Waals surface area contributed by atoms with Crippen LogP contribution in [0.25, 0.3) is 11.3 Å². The van der Waals surface area contributed by atoms with Gasteiger partial charge in [0.2, 0.25) is 0 Å². The SMILES string of the molecule is CC1(C)CC1c1nc(-c2ccccc2Br)cs1. The molecule has 0 radical (unpaired) electrons. The summed E-state index contributed by atoms with van der Waals surface area (Å²) in [4.78, 5) is 4.79. The van der Waals surface area contributed by atoms with Crippen LogP contribution < -0.4 is 0 Å². The molecule has 0 N–H and O–H groups in total. The molecule has 1 heterocycles. The molecule has 1 unspecified atom stereocenters. The lowest BCUT2D eigenvalue weighted by Crippen LogP contribution is -1.89. The highest BCUT2D eigenvalue weighted by Crippen LogP contribution is 2.59. The summed E-state index contributed by atoms with van der Waals surface area (Å²) in [6.45, 7) is 4.63. The Bertz CT molecular complexity index is 559. The zero-order valence-electron chi connectivity index (χ0n) is 9.90. The Morgan fingerprint density at radius 2 is 2.06 bits per heavy atom. The number of hydrogen-bond donors (Lipinski definition) is 0. The second kappa shape index (κ2) is 3.92. The van der Waals surface area contributed by atoms with Crippen molar-refractivity contribution in [2.75, 3.05) is 0 Å². The average Bonchev–Trinajstić information content (AvgIpc) is 2.76. The van der Waals surface area contributed by atoms with Crippen LogP contribution in [-0.2, 0) is 0 Å². The first-order valence-electron chi connectivity index (χ1n) is 5.78. The minimum Gasteiger partial charge on any atom is -0.241 e. The van der Waals surface area contributed by atoms with E-state index in [0.29, 0.717) is 11.3 Å². The van der Waals surface area contributed by atoms with Gasteiger partial charge in [-0.15, -0.1) is 11.3 Å². The molecule has 0 aliphatic heterocycles. The number of nitrogens with zero attached hydrogens (tertiary/aromatic N) is 1. The Morgan fingerprint density at radius 3 is 2.71 bits per heavy atom. The Labute approximate surface area is 114 Å². The minimum atomic E-state index is 0.461. The van der Waals surface area contributed by atoms with Gasteiger partial charge in [0.05, 0.1) is 10.7 Å². The van der Waals surface area contributed by atoms with Crippen LogP contribution in [0.1, 0.15) is 31.2 Å². The molecule has 0 saturated heterocycles. The van der Waals surface area contributed by atoms with Crippen molar-refractivity contribution in [2.24, 2.45) is 5.41 Å². The fraction of sp³-hybridized carbons (Fsp3) is 0.357. The van der Waals surface area contributed by atoms with Gasteiger partial charge in [0.25, 0.3) is 0 Å². The topological polar surface area (TPSA) is 12.9 Å². The molecule has 1 aliphatic rings. The number of thiazole rings is 1. The first kappa shape index (κ1) is 11.4. The molecule has 17 heavy (non-hydrogen) atoms. The van der Waals surface area contributed by atoms with Crippen molar-refractivity contribution < 1.29 is 0 Å². The molecule has 1 saturated carbocycles. The third-order valence-electron chi connectivity index (χ3n) is 3.48. The van der Waals surface area contributed by atoms with Crippen molar-refractivity contribution in [3.63, 3.8) is 0 Å². The van der Waals surface area contributed by atoms with E-state index in [0.717, 1.165) is 10.2 Å². The maximum Gasteiger partial charge on any atom is 0.0969 e. The lowest BCUT2D eigenvalue weighted by molar-refractivity contribution is 0.620. The molecule has 1 aromatic heterocycles. The van der Waals surface area contributed by atoms with Gasteiger partial charge in [-0.1, -0.05) is 48.0 Å². The summed E-state index contributed by atoms with van der Waals surface area (Å²) in [5, 5.41) is 3.46. The molecule has 88 valence electrons. The van der Waals surface area contributed by atoms with Crippen molar-refractivity contribution in [3.05, 3.63) is 39.1 Å². The largest absolute Gasteiger partial charge is 0.241 e. The second-order valence-corrected chi connectivity index (χ2v) is 7.04. The van der Waals surface area contributed by atoms with Crippen molar-refractivity contribution in [2.45, 2.75) is 26.2 Å². The summed E-state index contributed by atoms with van der Waals surface area (Å²) in [5.74, 6) is 0.670. The van der Waals surface area contributed by atoms with E-state index in [1.807, 2.05) is 6.07 Å². The first-order valence-corrected chi connectivity index (χ1v) is 7.45. The van der Waals surface area contributed by atoms with E-state index in [-0.39, 0.29) is 0 Å². The molecule has 3 rings (SSSR count). The minimum absolute atomic E-state index is 0.461. The number of aromatic nitrogens is 1. The second-order valence-electron chi connectivity index (χ2n) is 5.30. The van der Waals surface area contributed by atoms with Gasteiger partial charge in [-0.25, -0.2) is 4.98 Å². The predicted octanol–water partition coefficient (Wildman–Crippen LogP) is 5.09. The van der Waals surface area contributed by atoms with Gasteiger partial charge < -0.3 is 0 Å². The molecule has 1 nitrogen and oxygen atoms in total. The molecule has 0 spiro atoms. The summed E-state index contributed by atoms with van der Waals surface area (Å²) in [6, 6.07) is 8.27. The predicted molar refractivity (Wildman–Crippen MR) is 76.4 cm³/mol. The molecule has 1 atom stereocenters. The van der Waals surface area contributed by atoms with Gasteiger partial charge in [-0.3, -0.25) is 0 Å². The summed E-state index contributed by atoms with van der Waals surface area (Å²) in [6.07, 6.45) is 1.27. The fourth-order valence-corrected chi connectivity index (χ4v) is 3.75. The highest BCUT2D eigenvalue weighted by molar-refractivity contribution is 9.10. The molecule has 1 aromatic carbocycles. The maximum atomic E-state index is 4.79. The smallest absolute Gasteiger partial charge is 0.0969 e. The summed E-state index contributed by atoms with van der Waals surface area (Å²) in [7, 11) is 0. The van der Waals surface area contributed by atoms with E-state index in [1.165, 1.54) is 17.0 Å². The van der Waals surface area contributed by atoms with Crippen molar-refractivity contribution in [3.8, 4) is 11.3 Å². The van der Waals surface area contributed by atoms with Crippen LogP contribution in [0.2, 0.25) is 0 Å². The zero-order valence-corrected chi connectivity index (χ0v) is 12.3. The normalized spacial score (nSPS) is 21.5. The van der Waals surface area contributed by atoms with Crippen LogP contribution in [-0.4, -0.2) is 4.98 Å². The van der Waals surface area contributed by atoms with E-state index in [2.05, 4.69) is 53.4 Å². The van der Waals surface area contributed by atoms with Crippen LogP contribution in [0, 0.1) is 5.41 Å². The highest BCUT2D eigenvalue weighted by Gasteiger charge is 2.48. The van der Waals surface area contributed by atoms with Crippen LogP contribution in [0.5, 0.6) is 0 Å². The third kappa shape index (κ3) is 2.06. The zero-order chi connectivity index (χ0) is 12.0. The molecular weight excluding hydrogens is 294 g/mol. The van der Waals surface area contributed by atoms with Crippen LogP contribution >= 0.6 is 27.3 Å². The Balaban J connectivity index is 1.94. The molecule has 3 heteroatoms. The van der Waals surface area contributed by atoms with Gasteiger partial charge >= 0.3 is 0 Å². The van der Waals surface area contributed by atoms with Gasteiger partial charge in [0, 0.05) is 21.3 Å². The van der Waals surface area contributed by atoms with Crippen LogP contribution in [0.15, 0.2) is 34.1 Å². The van der Waals surface area contributed by atoms with E-state index in [4.69, 9.17) is 4.98 Å². The maximum absolute atomic E-state index is 4.79. The van der Waals surface area contributed by atoms with Gasteiger partial charge in [-0.2, -0.15) is 0 Å². The molecule has 0 bridgehead atoms. The number of benzene rings is 1. The van der Waals surface area contributed by atoms with Gasteiger partial charge in [-0.05, 0) is 17.9 Å². The van der Waals surface area contributed by atoms with E-state index < -0.39 is 0 Å². The number of hydrogen-bond acceptors (Lipinski definition) is 2. The average molecular weight is 308 g/mol. The first-order chi connectivity index (χ1) is 8.08. The van der Waals surface area contributed by atoms with Crippen LogP contribution in [0.3, 0.4) is 0 Å². The molecule has 2 aromatic rings. The van der Waals surface area contributed by atoms with E-state index in [9.17, 15) is 0 Å².